The first-order chi connectivity index (χ1) is 32.9. The van der Waals surface area contributed by atoms with Crippen LogP contribution < -0.4 is 0 Å². The number of ketones is 3. The van der Waals surface area contributed by atoms with Gasteiger partial charge in [-0.25, -0.2) is 4.79 Å². The molecule has 0 spiro atoms. The fraction of sp³-hybridized carbons (Fsp3) is 0.655. The fourth-order valence-electron chi connectivity index (χ4n) is 11.2. The number of hydrogen-bond donors (Lipinski definition) is 2. The molecule has 380 valence electrons. The van der Waals surface area contributed by atoms with E-state index < -0.39 is 77.8 Å². The number of allylic oxidation sites excluding steroid dienone is 3. The second-order valence-electron chi connectivity index (χ2n) is 20.4. The molecule has 4 aliphatic rings. The Morgan fingerprint density at radius 3 is 2.26 bits per heavy atom. The molecule has 14 heteroatoms. The number of piperidine rings is 1. The van der Waals surface area contributed by atoms with Crippen LogP contribution in [0.3, 0.4) is 0 Å². The Bertz CT molecular complexity index is 2190. The van der Waals surface area contributed by atoms with Gasteiger partial charge in [-0.2, -0.15) is 0 Å². The molecule has 69 heavy (non-hydrogen) atoms. The van der Waals surface area contributed by atoms with Gasteiger partial charge < -0.3 is 43.5 Å². The standard InChI is InChI=1S/C55H77NO13/c1-10-38-24-32(2)23-33(3)25-48(65-8)51-49(66-9)27-35(5)55(63,69-51)52(60)53(61)56-22-14-13-17-42(56)54(62)68-50(36(6)43(57)30-44(38)58)34(4)26-37-18-21-46(47(28-37)64-7)67-31-45(59)41-20-19-39-15-11-12-16-40(39)29-41/h11-12,15-16,19-20,24,26,29,33,35-38,42-43,46-51,57,63H,10,13-14,17-18,21-23,25,27-28,30-31H2,1-9H3/b32-24-,34-26+/t33-,35+,36+,37?,38+,42-,43+,46+,47+,48-,49-,50+,51+,55+/m0/s1. The van der Waals surface area contributed by atoms with Crippen LogP contribution in [-0.4, -0.2) is 133 Å². The third-order valence-electron chi connectivity index (χ3n) is 15.4. The van der Waals surface area contributed by atoms with E-state index in [1.165, 1.54) is 19.1 Å². The van der Waals surface area contributed by atoms with E-state index in [4.69, 9.17) is 28.4 Å². The molecule has 1 aliphatic carbocycles. The van der Waals surface area contributed by atoms with Gasteiger partial charge in [0.05, 0.1) is 30.5 Å². The molecule has 0 radical (unpaired) electrons. The summed E-state index contributed by atoms with van der Waals surface area (Å²) in [5.41, 5.74) is 2.21. The maximum Gasteiger partial charge on any atom is 0.329 e. The number of methoxy groups -OCH3 is 3. The molecule has 2 aromatic rings. The average molecular weight is 960 g/mol. The summed E-state index contributed by atoms with van der Waals surface area (Å²) >= 11 is 0. The fourth-order valence-corrected chi connectivity index (χ4v) is 11.2. The van der Waals surface area contributed by atoms with Gasteiger partial charge in [-0.3, -0.25) is 19.2 Å². The number of Topliss-reactive ketones (excluding diaryl/α,β-unsaturated/α-hetero) is 3. The third kappa shape index (κ3) is 12.9. The van der Waals surface area contributed by atoms with Crippen LogP contribution in [0, 0.1) is 29.6 Å². The topological polar surface area (TPSA) is 184 Å². The van der Waals surface area contributed by atoms with Gasteiger partial charge in [0, 0.05) is 57.6 Å². The molecule has 3 heterocycles. The highest BCUT2D eigenvalue weighted by Gasteiger charge is 2.56. The van der Waals surface area contributed by atoms with Gasteiger partial charge >= 0.3 is 5.97 Å². The lowest BCUT2D eigenvalue weighted by Gasteiger charge is -2.47. The van der Waals surface area contributed by atoms with Crippen molar-refractivity contribution in [1.29, 1.82) is 0 Å². The normalized spacial score (nSPS) is 35.9. The van der Waals surface area contributed by atoms with Gasteiger partial charge in [0.2, 0.25) is 5.79 Å². The average Bonchev–Trinajstić information content (AvgIpc) is 3.35. The number of cyclic esters (lactones) is 1. The number of carbonyl (C=O) groups excluding carboxylic acids is 5. The molecule has 2 saturated heterocycles. The molecule has 2 bridgehead atoms. The van der Waals surface area contributed by atoms with Crippen molar-refractivity contribution in [2.75, 3.05) is 34.5 Å². The molecule has 1 amide bonds. The molecule has 1 unspecified atom stereocenters. The minimum Gasteiger partial charge on any atom is -0.456 e. The molecule has 2 aromatic carbocycles. The summed E-state index contributed by atoms with van der Waals surface area (Å²) < 4.78 is 36.6. The number of amides is 1. The van der Waals surface area contributed by atoms with Crippen LogP contribution in [0.25, 0.3) is 10.8 Å². The van der Waals surface area contributed by atoms with Crippen molar-refractivity contribution in [3.05, 3.63) is 71.3 Å². The number of carbonyl (C=O) groups is 5. The third-order valence-corrected chi connectivity index (χ3v) is 15.4. The molecule has 0 aromatic heterocycles. The lowest BCUT2D eigenvalue weighted by Crippen LogP contribution is -2.64. The van der Waals surface area contributed by atoms with E-state index in [1.54, 1.807) is 21.0 Å². The van der Waals surface area contributed by atoms with E-state index >= 15 is 0 Å². The van der Waals surface area contributed by atoms with Crippen LogP contribution in [-0.2, 0) is 47.6 Å². The minimum atomic E-state index is -2.52. The Morgan fingerprint density at radius 1 is 0.870 bits per heavy atom. The first-order valence-corrected chi connectivity index (χ1v) is 25.2. The predicted molar refractivity (Wildman–Crippen MR) is 260 cm³/mol. The minimum absolute atomic E-state index is 0.0178. The number of esters is 1. The maximum atomic E-state index is 14.6. The lowest BCUT2D eigenvalue weighted by atomic mass is 9.81. The number of aliphatic hydroxyl groups is 2. The van der Waals surface area contributed by atoms with Gasteiger partial charge in [-0.1, -0.05) is 81.8 Å². The number of ether oxygens (including phenoxy) is 6. The van der Waals surface area contributed by atoms with E-state index in [0.717, 1.165) is 16.3 Å². The molecular formula is C55H77NO13. The zero-order valence-electron chi connectivity index (χ0n) is 42.2. The van der Waals surface area contributed by atoms with Crippen LogP contribution in [0.5, 0.6) is 0 Å². The van der Waals surface area contributed by atoms with Crippen LogP contribution in [0.2, 0.25) is 0 Å². The van der Waals surface area contributed by atoms with Gasteiger partial charge in [0.1, 0.15) is 30.6 Å². The maximum absolute atomic E-state index is 14.6. The zero-order chi connectivity index (χ0) is 50.2. The molecule has 14 nitrogen and oxygen atoms in total. The van der Waals surface area contributed by atoms with Gasteiger partial charge in [0.25, 0.3) is 11.7 Å². The van der Waals surface area contributed by atoms with Gasteiger partial charge in [-0.15, -0.1) is 0 Å². The SMILES string of the molecule is CC[C@@H]1/C=C(/C)C[C@H](C)C[C@H](OC)[C@H]2O[C@@](O)(C(=O)C(=O)N3CCCC[C@H]3C(=O)O[C@H](/C(C)=C/C3CC[C@@H](OCC(=O)c4ccc5ccccc5c4)[C@H](OC)C3)[C@H](C)[C@H](O)CC1=O)[C@H](C)C[C@@H]2OC. The summed E-state index contributed by atoms with van der Waals surface area (Å²) in [5, 5.41) is 26.0. The molecule has 2 N–H and O–H groups in total. The number of benzene rings is 2. The van der Waals surface area contributed by atoms with Crippen molar-refractivity contribution in [2.45, 2.75) is 167 Å². The highest BCUT2D eigenvalue weighted by molar-refractivity contribution is 6.39. The lowest BCUT2D eigenvalue weighted by molar-refractivity contribution is -0.302. The van der Waals surface area contributed by atoms with Crippen LogP contribution in [0.15, 0.2) is 65.8 Å². The second-order valence-corrected chi connectivity index (χ2v) is 20.4. The Morgan fingerprint density at radius 2 is 1.57 bits per heavy atom. The second kappa shape index (κ2) is 24.3. The summed E-state index contributed by atoms with van der Waals surface area (Å²) in [6, 6.07) is 12.3. The number of fused-ring (bicyclic) bond motifs is 4. The Kier molecular flexibility index (Phi) is 19.1. The number of hydrogen-bond acceptors (Lipinski definition) is 13. The summed E-state index contributed by atoms with van der Waals surface area (Å²) in [4.78, 5) is 71.8. The number of aliphatic hydroxyl groups excluding tert-OH is 1. The highest BCUT2D eigenvalue weighted by atomic mass is 16.7. The van der Waals surface area contributed by atoms with E-state index in [2.05, 4.69) is 6.92 Å². The molecule has 14 atom stereocenters. The smallest absolute Gasteiger partial charge is 0.329 e. The quantitative estimate of drug-likeness (QED) is 0.103. The van der Waals surface area contributed by atoms with E-state index in [-0.39, 0.29) is 68.0 Å². The predicted octanol–water partition coefficient (Wildman–Crippen LogP) is 7.53. The molecule has 3 fully saturated rings. The first kappa shape index (κ1) is 54.2. The van der Waals surface area contributed by atoms with Gasteiger partial charge in [-0.05, 0) is 112 Å². The zero-order valence-corrected chi connectivity index (χ0v) is 42.2. The van der Waals surface area contributed by atoms with E-state index in [0.29, 0.717) is 62.5 Å². The monoisotopic (exact) mass is 960 g/mol. The Labute approximate surface area is 408 Å². The van der Waals surface area contributed by atoms with Crippen molar-refractivity contribution in [3.63, 3.8) is 0 Å². The van der Waals surface area contributed by atoms with E-state index in [1.807, 2.05) is 75.4 Å². The first-order valence-electron chi connectivity index (χ1n) is 25.2. The summed E-state index contributed by atoms with van der Waals surface area (Å²) in [6.45, 7) is 11.2. The van der Waals surface area contributed by atoms with Crippen molar-refractivity contribution in [2.24, 2.45) is 29.6 Å². The summed E-state index contributed by atoms with van der Waals surface area (Å²) in [7, 11) is 4.68. The summed E-state index contributed by atoms with van der Waals surface area (Å²) in [6.07, 6.45) is 3.79. The van der Waals surface area contributed by atoms with Crippen molar-refractivity contribution >= 4 is 40.0 Å². The number of rotatable bonds is 10. The molecular weight excluding hydrogens is 883 g/mol. The molecule has 3 aliphatic heterocycles. The molecule has 1 saturated carbocycles. The van der Waals surface area contributed by atoms with Crippen LogP contribution in [0.1, 0.15) is 123 Å². The largest absolute Gasteiger partial charge is 0.456 e. The number of nitrogens with zero attached hydrogens (tertiary/aromatic N) is 1. The molecule has 6 rings (SSSR count). The van der Waals surface area contributed by atoms with Crippen LogP contribution >= 0.6 is 0 Å². The van der Waals surface area contributed by atoms with E-state index in [9.17, 15) is 34.2 Å². The Balaban J connectivity index is 1.26. The summed E-state index contributed by atoms with van der Waals surface area (Å²) in [5.74, 6) is -7.85. The van der Waals surface area contributed by atoms with Crippen molar-refractivity contribution < 1.29 is 62.6 Å². The highest BCUT2D eigenvalue weighted by Crippen LogP contribution is 2.39. The van der Waals surface area contributed by atoms with Gasteiger partial charge in [0.15, 0.2) is 5.78 Å². The Hall–Kier alpha value is -4.15. The van der Waals surface area contributed by atoms with Crippen molar-refractivity contribution in [1.82, 2.24) is 4.90 Å². The van der Waals surface area contributed by atoms with Crippen molar-refractivity contribution in [3.8, 4) is 0 Å². The van der Waals surface area contributed by atoms with Crippen LogP contribution in [0.4, 0.5) is 0 Å².